The van der Waals surface area contributed by atoms with E-state index in [2.05, 4.69) is 47.4 Å². The number of nitrogens with zero attached hydrogens (tertiary/aromatic N) is 1. The Bertz CT molecular complexity index is 442. The van der Waals surface area contributed by atoms with Crippen molar-refractivity contribution in [2.24, 2.45) is 5.92 Å². The molecule has 1 aromatic carbocycles. The van der Waals surface area contributed by atoms with Gasteiger partial charge in [0, 0.05) is 18.5 Å². The predicted octanol–water partition coefficient (Wildman–Crippen LogP) is 3.33. The van der Waals surface area contributed by atoms with Gasteiger partial charge in [0.05, 0.1) is 6.10 Å². The molecule has 1 aliphatic heterocycles. The van der Waals surface area contributed by atoms with Gasteiger partial charge in [0.1, 0.15) is 0 Å². The first kappa shape index (κ1) is 13.8. The molecule has 1 N–H and O–H groups in total. The Morgan fingerprint density at radius 1 is 1.10 bits per heavy atom. The van der Waals surface area contributed by atoms with Crippen LogP contribution in [-0.4, -0.2) is 35.2 Å². The molecule has 3 rings (SSSR count). The third-order valence-corrected chi connectivity index (χ3v) is 4.89. The van der Waals surface area contributed by atoms with E-state index in [1.165, 1.54) is 37.8 Å². The summed E-state index contributed by atoms with van der Waals surface area (Å²) in [5, 5.41) is 10.1. The highest BCUT2D eigenvalue weighted by Gasteiger charge is 2.37. The van der Waals surface area contributed by atoms with E-state index in [4.69, 9.17) is 0 Å². The third-order valence-electron chi connectivity index (χ3n) is 4.89. The average Bonchev–Trinajstić information content (AvgIpc) is 3.08. The fourth-order valence-corrected chi connectivity index (χ4v) is 3.87. The third kappa shape index (κ3) is 3.13. The lowest BCUT2D eigenvalue weighted by Gasteiger charge is -2.30. The van der Waals surface area contributed by atoms with E-state index >= 15 is 0 Å². The van der Waals surface area contributed by atoms with Crippen molar-refractivity contribution in [2.45, 2.75) is 44.2 Å². The Labute approximate surface area is 122 Å². The standard InChI is InChI=1S/C18H25NO/c20-18-12-4-10-16(18)17-11-6-14-19(17)13-5-9-15-7-2-1-3-8-15/h1-3,5,7-9,16-18,20H,4,6,10-14H2/b9-5+. The highest BCUT2D eigenvalue weighted by molar-refractivity contribution is 5.48. The van der Waals surface area contributed by atoms with Crippen LogP contribution in [0.25, 0.3) is 6.08 Å². The summed E-state index contributed by atoms with van der Waals surface area (Å²) < 4.78 is 0. The second-order valence-corrected chi connectivity index (χ2v) is 6.18. The van der Waals surface area contributed by atoms with Gasteiger partial charge in [-0.2, -0.15) is 0 Å². The fraction of sp³-hybridized carbons (Fsp3) is 0.556. The molecule has 1 aromatic rings. The predicted molar refractivity (Wildman–Crippen MR) is 83.4 cm³/mol. The summed E-state index contributed by atoms with van der Waals surface area (Å²) in [5.41, 5.74) is 1.27. The van der Waals surface area contributed by atoms with Crippen LogP contribution in [0.1, 0.15) is 37.7 Å². The molecule has 0 bridgehead atoms. The van der Waals surface area contributed by atoms with Crippen LogP contribution in [0.3, 0.4) is 0 Å². The Kier molecular flexibility index (Phi) is 4.54. The van der Waals surface area contributed by atoms with Crippen molar-refractivity contribution in [3.8, 4) is 0 Å². The number of aliphatic hydroxyl groups is 1. The van der Waals surface area contributed by atoms with Gasteiger partial charge < -0.3 is 5.11 Å². The van der Waals surface area contributed by atoms with Gasteiger partial charge in [-0.3, -0.25) is 4.90 Å². The summed E-state index contributed by atoms with van der Waals surface area (Å²) in [5.74, 6) is 0.516. The largest absolute Gasteiger partial charge is 0.393 e. The molecule has 2 aliphatic rings. The summed E-state index contributed by atoms with van der Waals surface area (Å²) in [6.07, 6.45) is 10.4. The van der Waals surface area contributed by atoms with Crippen LogP contribution in [0.5, 0.6) is 0 Å². The Morgan fingerprint density at radius 3 is 2.70 bits per heavy atom. The maximum absolute atomic E-state index is 10.1. The minimum absolute atomic E-state index is 0.0568. The summed E-state index contributed by atoms with van der Waals surface area (Å²) >= 11 is 0. The second kappa shape index (κ2) is 6.55. The van der Waals surface area contributed by atoms with Gasteiger partial charge in [-0.25, -0.2) is 0 Å². The molecule has 108 valence electrons. The first-order valence-electron chi connectivity index (χ1n) is 7.98. The van der Waals surface area contributed by atoms with Crippen LogP contribution >= 0.6 is 0 Å². The maximum atomic E-state index is 10.1. The molecular weight excluding hydrogens is 246 g/mol. The zero-order valence-electron chi connectivity index (χ0n) is 12.1. The number of hydrogen-bond donors (Lipinski definition) is 1. The first-order valence-corrected chi connectivity index (χ1v) is 7.98. The van der Waals surface area contributed by atoms with Crippen molar-refractivity contribution in [3.63, 3.8) is 0 Å². The van der Waals surface area contributed by atoms with E-state index in [-0.39, 0.29) is 6.10 Å². The van der Waals surface area contributed by atoms with Crippen LogP contribution < -0.4 is 0 Å². The van der Waals surface area contributed by atoms with Crippen molar-refractivity contribution in [1.82, 2.24) is 4.90 Å². The number of aliphatic hydroxyl groups excluding tert-OH is 1. The molecular formula is C18H25NO. The van der Waals surface area contributed by atoms with E-state index in [0.29, 0.717) is 12.0 Å². The van der Waals surface area contributed by atoms with Crippen LogP contribution in [0.2, 0.25) is 0 Å². The molecule has 1 heterocycles. The maximum Gasteiger partial charge on any atom is 0.0583 e. The smallest absolute Gasteiger partial charge is 0.0583 e. The van der Waals surface area contributed by atoms with Crippen LogP contribution in [0, 0.1) is 5.92 Å². The molecule has 2 nitrogen and oxygen atoms in total. The summed E-state index contributed by atoms with van der Waals surface area (Å²) in [6.45, 7) is 2.20. The lowest BCUT2D eigenvalue weighted by molar-refractivity contribution is 0.0790. The molecule has 0 spiro atoms. The summed E-state index contributed by atoms with van der Waals surface area (Å²) in [6, 6.07) is 11.1. The van der Waals surface area contributed by atoms with Crippen molar-refractivity contribution in [2.75, 3.05) is 13.1 Å². The SMILES string of the molecule is OC1CCCC1C1CCCN1C/C=C/c1ccccc1. The van der Waals surface area contributed by atoms with Crippen molar-refractivity contribution in [3.05, 3.63) is 42.0 Å². The monoisotopic (exact) mass is 271 g/mol. The highest BCUT2D eigenvalue weighted by atomic mass is 16.3. The lowest BCUT2D eigenvalue weighted by atomic mass is 9.94. The van der Waals surface area contributed by atoms with Crippen LogP contribution in [-0.2, 0) is 0 Å². The number of likely N-dealkylation sites (tertiary alicyclic amines) is 1. The molecule has 3 atom stereocenters. The van der Waals surface area contributed by atoms with Gasteiger partial charge in [-0.1, -0.05) is 48.9 Å². The molecule has 1 saturated heterocycles. The van der Waals surface area contributed by atoms with E-state index in [1.807, 2.05) is 0 Å². The molecule has 0 radical (unpaired) electrons. The number of hydrogen-bond acceptors (Lipinski definition) is 2. The minimum atomic E-state index is -0.0568. The van der Waals surface area contributed by atoms with Crippen molar-refractivity contribution >= 4 is 6.08 Å². The van der Waals surface area contributed by atoms with Gasteiger partial charge >= 0.3 is 0 Å². The zero-order valence-corrected chi connectivity index (χ0v) is 12.1. The van der Waals surface area contributed by atoms with Gasteiger partial charge in [0.25, 0.3) is 0 Å². The van der Waals surface area contributed by atoms with Crippen LogP contribution in [0.4, 0.5) is 0 Å². The van der Waals surface area contributed by atoms with Crippen molar-refractivity contribution < 1.29 is 5.11 Å². The van der Waals surface area contributed by atoms with E-state index in [9.17, 15) is 5.11 Å². The van der Waals surface area contributed by atoms with Gasteiger partial charge in [-0.05, 0) is 37.8 Å². The molecule has 0 aromatic heterocycles. The highest BCUT2D eigenvalue weighted by Crippen LogP contribution is 2.35. The van der Waals surface area contributed by atoms with E-state index < -0.39 is 0 Å². The molecule has 2 fully saturated rings. The second-order valence-electron chi connectivity index (χ2n) is 6.18. The molecule has 20 heavy (non-hydrogen) atoms. The minimum Gasteiger partial charge on any atom is -0.393 e. The molecule has 0 amide bonds. The summed E-state index contributed by atoms with van der Waals surface area (Å²) in [7, 11) is 0. The molecule has 2 heteroatoms. The van der Waals surface area contributed by atoms with Gasteiger partial charge in [-0.15, -0.1) is 0 Å². The van der Waals surface area contributed by atoms with Crippen LogP contribution in [0.15, 0.2) is 36.4 Å². The normalized spacial score (nSPS) is 31.4. The number of rotatable bonds is 4. The molecule has 3 unspecified atom stereocenters. The first-order chi connectivity index (χ1) is 9.84. The Morgan fingerprint density at radius 2 is 1.95 bits per heavy atom. The molecule has 1 aliphatic carbocycles. The molecule has 1 saturated carbocycles. The average molecular weight is 271 g/mol. The van der Waals surface area contributed by atoms with E-state index in [0.717, 1.165) is 13.0 Å². The lowest BCUT2D eigenvalue weighted by Crippen LogP contribution is -2.38. The van der Waals surface area contributed by atoms with Crippen molar-refractivity contribution in [1.29, 1.82) is 0 Å². The fourth-order valence-electron chi connectivity index (χ4n) is 3.87. The zero-order chi connectivity index (χ0) is 13.8. The number of benzene rings is 1. The van der Waals surface area contributed by atoms with E-state index in [1.54, 1.807) is 0 Å². The topological polar surface area (TPSA) is 23.5 Å². The quantitative estimate of drug-likeness (QED) is 0.908. The Hall–Kier alpha value is -1.12. The Balaban J connectivity index is 1.58. The summed E-state index contributed by atoms with van der Waals surface area (Å²) in [4.78, 5) is 2.57. The van der Waals surface area contributed by atoms with Gasteiger partial charge in [0.2, 0.25) is 0 Å². The van der Waals surface area contributed by atoms with Gasteiger partial charge in [0.15, 0.2) is 0 Å².